The average Bonchev–Trinajstić information content (AvgIpc) is 2.37. The number of carbonyl (C=O) groups is 1. The van der Waals surface area contributed by atoms with Crippen LogP contribution in [0, 0.1) is 5.82 Å². The van der Waals surface area contributed by atoms with Crippen LogP contribution in [0.25, 0.3) is 0 Å². The van der Waals surface area contributed by atoms with Crippen molar-refractivity contribution < 1.29 is 9.18 Å². The lowest BCUT2D eigenvalue weighted by Gasteiger charge is -2.08. The smallest absolute Gasteiger partial charge is 0.316 e. The molecule has 2 aromatic rings. The quantitative estimate of drug-likeness (QED) is 0.790. The third-order valence-electron chi connectivity index (χ3n) is 2.54. The highest BCUT2D eigenvalue weighted by molar-refractivity contribution is 5.87. The van der Waals surface area contributed by atoms with Gasteiger partial charge in [-0.15, -0.1) is 0 Å². The molecule has 2 amide bonds. The first-order valence-electron chi connectivity index (χ1n) is 5.78. The fourth-order valence-electron chi connectivity index (χ4n) is 1.66. The summed E-state index contributed by atoms with van der Waals surface area (Å²) >= 11 is 0. The van der Waals surface area contributed by atoms with Crippen LogP contribution in [0.3, 0.4) is 0 Å². The summed E-state index contributed by atoms with van der Waals surface area (Å²) in [6.07, 6.45) is 0. The van der Waals surface area contributed by atoms with Crippen molar-refractivity contribution in [2.45, 2.75) is 6.54 Å². The molecule has 98 valence electrons. The number of primary amides is 1. The summed E-state index contributed by atoms with van der Waals surface area (Å²) in [5, 5.41) is 5.63. The fraction of sp³-hybridized carbons (Fsp3) is 0.0714. The lowest BCUT2D eigenvalue weighted by molar-refractivity contribution is 0.259. The van der Waals surface area contributed by atoms with Crippen molar-refractivity contribution in [2.24, 2.45) is 5.73 Å². The summed E-state index contributed by atoms with van der Waals surface area (Å²) in [5.41, 5.74) is 7.37. The van der Waals surface area contributed by atoms with Crippen molar-refractivity contribution in [1.29, 1.82) is 0 Å². The van der Waals surface area contributed by atoms with Gasteiger partial charge in [0, 0.05) is 17.9 Å². The molecule has 4 nitrogen and oxygen atoms in total. The van der Waals surface area contributed by atoms with Crippen LogP contribution in [0.1, 0.15) is 5.56 Å². The van der Waals surface area contributed by atoms with Gasteiger partial charge in [0.2, 0.25) is 0 Å². The summed E-state index contributed by atoms with van der Waals surface area (Å²) < 4.78 is 13.0. The van der Waals surface area contributed by atoms with Gasteiger partial charge in [0.15, 0.2) is 0 Å². The summed E-state index contributed by atoms with van der Waals surface area (Å²) in [7, 11) is 0. The molecule has 0 bridgehead atoms. The van der Waals surface area contributed by atoms with Crippen LogP contribution in [0.15, 0.2) is 48.5 Å². The molecule has 0 heterocycles. The van der Waals surface area contributed by atoms with Crippen molar-refractivity contribution in [2.75, 3.05) is 10.6 Å². The van der Waals surface area contributed by atoms with E-state index in [9.17, 15) is 9.18 Å². The van der Waals surface area contributed by atoms with Crippen molar-refractivity contribution >= 4 is 17.4 Å². The second-order valence-corrected chi connectivity index (χ2v) is 4.05. The molecule has 2 aromatic carbocycles. The van der Waals surface area contributed by atoms with Gasteiger partial charge in [-0.25, -0.2) is 9.18 Å². The molecule has 0 spiro atoms. The highest BCUT2D eigenvalue weighted by Gasteiger charge is 1.98. The summed E-state index contributed by atoms with van der Waals surface area (Å²) in [6.45, 7) is 0.528. The molecule has 19 heavy (non-hydrogen) atoms. The van der Waals surface area contributed by atoms with Gasteiger partial charge in [-0.05, 0) is 42.0 Å². The number of hydrogen-bond acceptors (Lipinski definition) is 2. The first-order chi connectivity index (χ1) is 9.13. The van der Waals surface area contributed by atoms with Gasteiger partial charge in [-0.2, -0.15) is 0 Å². The Morgan fingerprint density at radius 2 is 1.79 bits per heavy atom. The Hall–Kier alpha value is -2.56. The maximum atomic E-state index is 13.0. The minimum absolute atomic E-state index is 0.250. The minimum Gasteiger partial charge on any atom is -0.381 e. The van der Waals surface area contributed by atoms with Crippen LogP contribution in [-0.4, -0.2) is 6.03 Å². The molecular weight excluding hydrogens is 245 g/mol. The second kappa shape index (κ2) is 5.86. The molecule has 0 unspecified atom stereocenters. The number of urea groups is 1. The number of halogens is 1. The van der Waals surface area contributed by atoms with Crippen LogP contribution in [0.5, 0.6) is 0 Å². The molecule has 0 aliphatic rings. The first-order valence-corrected chi connectivity index (χ1v) is 5.78. The van der Waals surface area contributed by atoms with Crippen molar-refractivity contribution in [3.05, 3.63) is 59.9 Å². The average molecular weight is 259 g/mol. The summed E-state index contributed by atoms with van der Waals surface area (Å²) in [4.78, 5) is 10.7. The van der Waals surface area contributed by atoms with Gasteiger partial charge >= 0.3 is 6.03 Å². The van der Waals surface area contributed by atoms with E-state index in [0.717, 1.165) is 11.3 Å². The SMILES string of the molecule is NC(=O)Nc1ccc(NCc2cccc(F)c2)cc1. The van der Waals surface area contributed by atoms with Crippen molar-refractivity contribution in [3.8, 4) is 0 Å². The number of nitrogens with one attached hydrogen (secondary N) is 2. The zero-order valence-electron chi connectivity index (χ0n) is 10.2. The topological polar surface area (TPSA) is 67.2 Å². The molecule has 5 heteroatoms. The molecule has 0 aromatic heterocycles. The van der Waals surface area contributed by atoms with E-state index in [0.29, 0.717) is 12.2 Å². The highest BCUT2D eigenvalue weighted by Crippen LogP contribution is 2.14. The van der Waals surface area contributed by atoms with E-state index in [1.807, 2.05) is 18.2 Å². The molecule has 0 radical (unpaired) electrons. The van der Waals surface area contributed by atoms with Crippen LogP contribution in [-0.2, 0) is 6.54 Å². The fourth-order valence-corrected chi connectivity index (χ4v) is 1.66. The zero-order chi connectivity index (χ0) is 13.7. The molecule has 0 fully saturated rings. The van der Waals surface area contributed by atoms with Gasteiger partial charge in [0.1, 0.15) is 5.82 Å². The standard InChI is InChI=1S/C14H14FN3O/c15-11-3-1-2-10(8-11)9-17-12-4-6-13(7-5-12)18-14(16)19/h1-8,17H,9H2,(H3,16,18,19). The molecular formula is C14H14FN3O. The first kappa shape index (κ1) is 12.9. The molecule has 0 atom stereocenters. The minimum atomic E-state index is -0.597. The largest absolute Gasteiger partial charge is 0.381 e. The monoisotopic (exact) mass is 259 g/mol. The number of nitrogens with two attached hydrogens (primary N) is 1. The predicted molar refractivity (Wildman–Crippen MR) is 73.4 cm³/mol. The Bertz CT molecular complexity index is 569. The van der Waals surface area contributed by atoms with Gasteiger partial charge < -0.3 is 16.4 Å². The second-order valence-electron chi connectivity index (χ2n) is 4.05. The van der Waals surface area contributed by atoms with E-state index in [2.05, 4.69) is 10.6 Å². The van der Waals surface area contributed by atoms with Crippen LogP contribution < -0.4 is 16.4 Å². The molecule has 2 rings (SSSR count). The van der Waals surface area contributed by atoms with Crippen LogP contribution in [0.4, 0.5) is 20.6 Å². The molecule has 0 aliphatic heterocycles. The number of carbonyl (C=O) groups excluding carboxylic acids is 1. The molecule has 0 saturated carbocycles. The normalized spacial score (nSPS) is 9.95. The van der Waals surface area contributed by atoms with Gasteiger partial charge in [-0.3, -0.25) is 0 Å². The maximum absolute atomic E-state index is 13.0. The third-order valence-corrected chi connectivity index (χ3v) is 2.54. The molecule has 0 aliphatic carbocycles. The Morgan fingerprint density at radius 3 is 2.42 bits per heavy atom. The highest BCUT2D eigenvalue weighted by atomic mass is 19.1. The molecule has 4 N–H and O–H groups in total. The summed E-state index contributed by atoms with van der Waals surface area (Å²) in [6, 6.07) is 12.9. The number of amides is 2. The van der Waals surface area contributed by atoms with E-state index in [4.69, 9.17) is 5.73 Å². The lowest BCUT2D eigenvalue weighted by Crippen LogP contribution is -2.19. The number of hydrogen-bond donors (Lipinski definition) is 3. The van der Waals surface area contributed by atoms with Gasteiger partial charge in [0.25, 0.3) is 0 Å². The predicted octanol–water partition coefficient (Wildman–Crippen LogP) is 2.93. The van der Waals surface area contributed by atoms with E-state index in [1.54, 1.807) is 18.2 Å². The Kier molecular flexibility index (Phi) is 3.97. The van der Waals surface area contributed by atoms with Crippen molar-refractivity contribution in [3.63, 3.8) is 0 Å². The third kappa shape index (κ3) is 3.99. The van der Waals surface area contributed by atoms with Crippen molar-refractivity contribution in [1.82, 2.24) is 0 Å². The Balaban J connectivity index is 1.94. The number of anilines is 2. The zero-order valence-corrected chi connectivity index (χ0v) is 10.2. The number of benzene rings is 2. The Morgan fingerprint density at radius 1 is 1.11 bits per heavy atom. The Labute approximate surface area is 110 Å². The molecule has 0 saturated heterocycles. The number of rotatable bonds is 4. The summed E-state index contributed by atoms with van der Waals surface area (Å²) in [5.74, 6) is -0.250. The van der Waals surface area contributed by atoms with E-state index in [-0.39, 0.29) is 5.82 Å². The lowest BCUT2D eigenvalue weighted by atomic mass is 10.2. The van der Waals surface area contributed by atoms with Crippen LogP contribution >= 0.6 is 0 Å². The van der Waals surface area contributed by atoms with E-state index < -0.39 is 6.03 Å². The van der Waals surface area contributed by atoms with E-state index in [1.165, 1.54) is 12.1 Å². The maximum Gasteiger partial charge on any atom is 0.316 e. The van der Waals surface area contributed by atoms with Gasteiger partial charge in [0.05, 0.1) is 0 Å². The van der Waals surface area contributed by atoms with Crippen LogP contribution in [0.2, 0.25) is 0 Å². The van der Waals surface area contributed by atoms with E-state index >= 15 is 0 Å². The van der Waals surface area contributed by atoms with Gasteiger partial charge in [-0.1, -0.05) is 12.1 Å².